The van der Waals surface area contributed by atoms with Gasteiger partial charge in [0.1, 0.15) is 4.90 Å². The fourth-order valence-corrected chi connectivity index (χ4v) is 2.67. The lowest BCUT2D eigenvalue weighted by Crippen LogP contribution is -2.07. The Hall–Kier alpha value is -1.16. The predicted molar refractivity (Wildman–Crippen MR) is 58.5 cm³/mol. The standard InChI is InChI=1S/C8H10NO6S2/c1-5-7(9-2)3-6(16(10,11)12)4-8(5)17(13,14)15/h3-4H,1-2H3,(H,10,11,12)(H,13,14,15). The van der Waals surface area contributed by atoms with Gasteiger partial charge in [0.05, 0.1) is 10.6 Å². The van der Waals surface area contributed by atoms with Crippen LogP contribution in [-0.2, 0) is 20.2 Å². The first kappa shape index (κ1) is 13.9. The maximum atomic E-state index is 11.0. The smallest absolute Gasteiger partial charge is 0.288 e. The van der Waals surface area contributed by atoms with Gasteiger partial charge in [0.25, 0.3) is 20.2 Å². The van der Waals surface area contributed by atoms with Crippen LogP contribution in [0.5, 0.6) is 0 Å². The van der Waals surface area contributed by atoms with E-state index in [4.69, 9.17) is 9.11 Å². The highest BCUT2D eigenvalue weighted by molar-refractivity contribution is 7.86. The van der Waals surface area contributed by atoms with Gasteiger partial charge >= 0.3 is 0 Å². The lowest BCUT2D eigenvalue weighted by atomic mass is 10.2. The summed E-state index contributed by atoms with van der Waals surface area (Å²) in [5.41, 5.74) is 0.148. The molecule has 0 bridgehead atoms. The topological polar surface area (TPSA) is 123 Å². The maximum Gasteiger partial charge on any atom is 0.294 e. The van der Waals surface area contributed by atoms with Crippen molar-refractivity contribution in [2.24, 2.45) is 0 Å². The quantitative estimate of drug-likeness (QED) is 0.770. The third-order valence-electron chi connectivity index (χ3n) is 2.12. The second kappa shape index (κ2) is 4.26. The summed E-state index contributed by atoms with van der Waals surface area (Å²) in [6.45, 7) is 1.36. The molecule has 1 aromatic carbocycles. The molecule has 0 unspecified atom stereocenters. The molecule has 2 N–H and O–H groups in total. The van der Waals surface area contributed by atoms with Crippen molar-refractivity contribution in [2.75, 3.05) is 7.05 Å². The average molecular weight is 280 g/mol. The summed E-state index contributed by atoms with van der Waals surface area (Å²) in [6.07, 6.45) is 0. The molecule has 9 heteroatoms. The van der Waals surface area contributed by atoms with Gasteiger partial charge in [0, 0.05) is 7.05 Å². The van der Waals surface area contributed by atoms with Gasteiger partial charge in [-0.25, -0.2) is 0 Å². The second-order valence-corrected chi connectivity index (χ2v) is 6.05. The lowest BCUT2D eigenvalue weighted by molar-refractivity contribution is 0.480. The van der Waals surface area contributed by atoms with Gasteiger partial charge in [0.15, 0.2) is 0 Å². The number of rotatable bonds is 3. The first-order chi connectivity index (χ1) is 7.57. The van der Waals surface area contributed by atoms with Crippen molar-refractivity contribution in [3.63, 3.8) is 0 Å². The lowest BCUT2D eigenvalue weighted by Gasteiger charge is -2.09. The van der Waals surface area contributed by atoms with E-state index in [0.29, 0.717) is 6.07 Å². The van der Waals surface area contributed by atoms with Crippen LogP contribution in [-0.4, -0.2) is 33.0 Å². The normalized spacial score (nSPS) is 12.5. The molecule has 0 saturated heterocycles. The summed E-state index contributed by atoms with van der Waals surface area (Å²) < 4.78 is 61.7. The molecule has 1 aromatic rings. The number of hydrogen-bond acceptors (Lipinski definition) is 4. The van der Waals surface area contributed by atoms with E-state index >= 15 is 0 Å². The monoisotopic (exact) mass is 280 g/mol. The van der Waals surface area contributed by atoms with Gasteiger partial charge in [-0.15, -0.1) is 0 Å². The van der Waals surface area contributed by atoms with Crippen molar-refractivity contribution in [1.82, 2.24) is 5.32 Å². The highest BCUT2D eigenvalue weighted by Gasteiger charge is 2.21. The Morgan fingerprint density at radius 1 is 1.06 bits per heavy atom. The Morgan fingerprint density at radius 3 is 1.94 bits per heavy atom. The minimum atomic E-state index is -4.58. The van der Waals surface area contributed by atoms with Gasteiger partial charge in [-0.1, -0.05) is 0 Å². The molecule has 0 heterocycles. The van der Waals surface area contributed by atoms with E-state index in [-0.39, 0.29) is 11.3 Å². The van der Waals surface area contributed by atoms with Gasteiger partial charge in [-0.2, -0.15) is 16.8 Å². The third-order valence-corrected chi connectivity index (χ3v) is 3.93. The molecule has 17 heavy (non-hydrogen) atoms. The summed E-state index contributed by atoms with van der Waals surface area (Å²) in [4.78, 5) is -1.25. The molecule has 0 amide bonds. The zero-order chi connectivity index (χ0) is 13.4. The molecular formula is C8H10NO6S2. The van der Waals surface area contributed by atoms with Crippen molar-refractivity contribution in [2.45, 2.75) is 16.7 Å². The molecule has 0 aromatic heterocycles. The second-order valence-electron chi connectivity index (χ2n) is 3.24. The fourth-order valence-electron chi connectivity index (χ4n) is 1.30. The number of nitrogens with zero attached hydrogens (tertiary/aromatic N) is 1. The molecule has 0 aliphatic rings. The average Bonchev–Trinajstić information content (AvgIpc) is 2.14. The molecule has 1 rings (SSSR count). The summed E-state index contributed by atoms with van der Waals surface area (Å²) in [6, 6.07) is 1.69. The largest absolute Gasteiger partial charge is 0.294 e. The summed E-state index contributed by atoms with van der Waals surface area (Å²) >= 11 is 0. The van der Waals surface area contributed by atoms with Gasteiger partial charge in [-0.3, -0.25) is 14.4 Å². The van der Waals surface area contributed by atoms with E-state index in [0.717, 1.165) is 6.07 Å². The minimum Gasteiger partial charge on any atom is -0.288 e. The zero-order valence-corrected chi connectivity index (χ0v) is 10.6. The van der Waals surface area contributed by atoms with Crippen molar-refractivity contribution in [1.29, 1.82) is 0 Å². The summed E-state index contributed by atoms with van der Waals surface area (Å²) in [7, 11) is -7.83. The molecule has 95 valence electrons. The van der Waals surface area contributed by atoms with Crippen molar-refractivity contribution < 1.29 is 25.9 Å². The fraction of sp³-hybridized carbons (Fsp3) is 0.250. The van der Waals surface area contributed by atoms with Crippen LogP contribution in [0.15, 0.2) is 21.9 Å². The molecule has 1 radical (unpaired) electrons. The first-order valence-corrected chi connectivity index (χ1v) is 7.15. The molecule has 0 aliphatic carbocycles. The summed E-state index contributed by atoms with van der Waals surface area (Å²) in [5, 5.41) is 3.67. The first-order valence-electron chi connectivity index (χ1n) is 4.27. The van der Waals surface area contributed by atoms with Crippen LogP contribution in [0.1, 0.15) is 5.56 Å². The highest BCUT2D eigenvalue weighted by Crippen LogP contribution is 2.27. The molecule has 7 nitrogen and oxygen atoms in total. The molecular weight excluding hydrogens is 270 g/mol. The van der Waals surface area contributed by atoms with Gasteiger partial charge < -0.3 is 0 Å². The van der Waals surface area contributed by atoms with Crippen molar-refractivity contribution in [3.05, 3.63) is 17.7 Å². The SMILES string of the molecule is C[N]c1cc(S(=O)(=O)O)cc(S(=O)(=O)O)c1C. The van der Waals surface area contributed by atoms with Crippen LogP contribution in [0.25, 0.3) is 0 Å². The Labute approximate surface area is 99.0 Å². The van der Waals surface area contributed by atoms with Crippen LogP contribution in [0.3, 0.4) is 0 Å². The van der Waals surface area contributed by atoms with Crippen LogP contribution >= 0.6 is 0 Å². The van der Waals surface area contributed by atoms with Crippen LogP contribution in [0.2, 0.25) is 0 Å². The Morgan fingerprint density at radius 2 is 1.59 bits per heavy atom. The maximum absolute atomic E-state index is 11.0. The number of benzene rings is 1. The zero-order valence-electron chi connectivity index (χ0n) is 8.95. The van der Waals surface area contributed by atoms with E-state index in [1.807, 2.05) is 0 Å². The van der Waals surface area contributed by atoms with Gasteiger partial charge in [0.2, 0.25) is 0 Å². The predicted octanol–water partition coefficient (Wildman–Crippen LogP) is 0.354. The van der Waals surface area contributed by atoms with Crippen LogP contribution in [0.4, 0.5) is 5.69 Å². The van der Waals surface area contributed by atoms with E-state index < -0.39 is 30.0 Å². The molecule has 0 saturated carbocycles. The van der Waals surface area contributed by atoms with E-state index in [1.165, 1.54) is 14.0 Å². The highest BCUT2D eigenvalue weighted by atomic mass is 32.2. The van der Waals surface area contributed by atoms with Gasteiger partial charge in [-0.05, 0) is 24.6 Å². The van der Waals surface area contributed by atoms with E-state index in [9.17, 15) is 16.8 Å². The Balaban J connectivity index is 3.74. The van der Waals surface area contributed by atoms with E-state index in [1.54, 1.807) is 0 Å². The van der Waals surface area contributed by atoms with E-state index in [2.05, 4.69) is 5.32 Å². The Bertz CT molecular complexity index is 647. The van der Waals surface area contributed by atoms with Crippen molar-refractivity contribution >= 4 is 25.9 Å². The molecule has 0 spiro atoms. The third kappa shape index (κ3) is 2.94. The van der Waals surface area contributed by atoms with Crippen LogP contribution in [0, 0.1) is 6.92 Å². The molecule has 0 atom stereocenters. The molecule has 0 fully saturated rings. The minimum absolute atomic E-state index is 0.0488. The molecule has 0 aliphatic heterocycles. The van der Waals surface area contributed by atoms with Crippen LogP contribution < -0.4 is 5.32 Å². The number of hydrogen-bond donors (Lipinski definition) is 2. The van der Waals surface area contributed by atoms with Crippen molar-refractivity contribution in [3.8, 4) is 0 Å². The Kier molecular flexibility index (Phi) is 3.48. The summed E-state index contributed by atoms with van der Waals surface area (Å²) in [5.74, 6) is 0.